The van der Waals surface area contributed by atoms with Gasteiger partial charge in [-0.3, -0.25) is 4.79 Å². The molecule has 1 amide bonds. The molecule has 1 atom stereocenters. The van der Waals surface area contributed by atoms with Crippen molar-refractivity contribution in [2.24, 2.45) is 11.8 Å². The van der Waals surface area contributed by atoms with Gasteiger partial charge in [-0.15, -0.1) is 0 Å². The monoisotopic (exact) mass is 197 g/mol. The molecule has 1 aliphatic rings. The Kier molecular flexibility index (Phi) is 4.43. The fourth-order valence-electron chi connectivity index (χ4n) is 2.16. The third-order valence-corrected chi connectivity index (χ3v) is 2.85. The SMILES string of the molecule is CCCCC1CC(=O)N(CC(C)C)C1. The Bertz CT molecular complexity index is 189. The van der Waals surface area contributed by atoms with Crippen molar-refractivity contribution in [3.05, 3.63) is 0 Å². The summed E-state index contributed by atoms with van der Waals surface area (Å²) in [5.41, 5.74) is 0. The fraction of sp³-hybridized carbons (Fsp3) is 0.917. The van der Waals surface area contributed by atoms with Crippen LogP contribution >= 0.6 is 0 Å². The highest BCUT2D eigenvalue weighted by Gasteiger charge is 2.28. The van der Waals surface area contributed by atoms with Crippen LogP contribution in [0.4, 0.5) is 0 Å². The lowest BCUT2D eigenvalue weighted by atomic mass is 10.0. The molecule has 14 heavy (non-hydrogen) atoms. The summed E-state index contributed by atoms with van der Waals surface area (Å²) in [6.07, 6.45) is 4.55. The van der Waals surface area contributed by atoms with Gasteiger partial charge in [0.1, 0.15) is 0 Å². The molecule has 0 bridgehead atoms. The maximum absolute atomic E-state index is 11.6. The first-order chi connectivity index (χ1) is 6.63. The van der Waals surface area contributed by atoms with E-state index in [2.05, 4.69) is 20.8 Å². The number of hydrogen-bond acceptors (Lipinski definition) is 1. The molecule has 1 saturated heterocycles. The number of carbonyl (C=O) groups is 1. The normalized spacial score (nSPS) is 22.4. The number of unbranched alkanes of at least 4 members (excludes halogenated alkanes) is 1. The molecule has 82 valence electrons. The van der Waals surface area contributed by atoms with Crippen molar-refractivity contribution in [3.63, 3.8) is 0 Å². The van der Waals surface area contributed by atoms with Crippen molar-refractivity contribution in [1.29, 1.82) is 0 Å². The lowest BCUT2D eigenvalue weighted by molar-refractivity contribution is -0.128. The fourth-order valence-corrected chi connectivity index (χ4v) is 2.16. The zero-order valence-corrected chi connectivity index (χ0v) is 9.75. The van der Waals surface area contributed by atoms with E-state index >= 15 is 0 Å². The van der Waals surface area contributed by atoms with Gasteiger partial charge in [-0.1, -0.05) is 33.6 Å². The lowest BCUT2D eigenvalue weighted by Gasteiger charge is -2.18. The van der Waals surface area contributed by atoms with Gasteiger partial charge in [-0.05, 0) is 18.3 Å². The molecule has 0 aromatic heterocycles. The van der Waals surface area contributed by atoms with Gasteiger partial charge in [0.15, 0.2) is 0 Å². The smallest absolute Gasteiger partial charge is 0.222 e. The first-order valence-corrected chi connectivity index (χ1v) is 5.91. The summed E-state index contributed by atoms with van der Waals surface area (Å²) < 4.78 is 0. The number of likely N-dealkylation sites (tertiary alicyclic amines) is 1. The van der Waals surface area contributed by atoms with E-state index in [0.717, 1.165) is 19.5 Å². The first-order valence-electron chi connectivity index (χ1n) is 5.91. The molecule has 0 N–H and O–H groups in total. The minimum Gasteiger partial charge on any atom is -0.342 e. The second-order valence-corrected chi connectivity index (χ2v) is 4.90. The predicted molar refractivity (Wildman–Crippen MR) is 59.1 cm³/mol. The summed E-state index contributed by atoms with van der Waals surface area (Å²) in [7, 11) is 0. The summed E-state index contributed by atoms with van der Waals surface area (Å²) in [4.78, 5) is 13.7. The molecule has 1 unspecified atom stereocenters. The zero-order valence-electron chi connectivity index (χ0n) is 9.75. The molecule has 1 heterocycles. The van der Waals surface area contributed by atoms with E-state index in [1.54, 1.807) is 0 Å². The number of rotatable bonds is 5. The van der Waals surface area contributed by atoms with Gasteiger partial charge in [0.2, 0.25) is 5.91 Å². The molecule has 2 heteroatoms. The first kappa shape index (κ1) is 11.5. The molecule has 1 rings (SSSR count). The maximum Gasteiger partial charge on any atom is 0.222 e. The standard InChI is InChI=1S/C12H23NO/c1-4-5-6-11-7-12(14)13(9-11)8-10(2)3/h10-11H,4-9H2,1-3H3. The Hall–Kier alpha value is -0.530. The van der Waals surface area contributed by atoms with Gasteiger partial charge in [0.25, 0.3) is 0 Å². The van der Waals surface area contributed by atoms with E-state index in [1.165, 1.54) is 19.3 Å². The molecule has 0 saturated carbocycles. The molecule has 2 nitrogen and oxygen atoms in total. The van der Waals surface area contributed by atoms with E-state index < -0.39 is 0 Å². The second-order valence-electron chi connectivity index (χ2n) is 4.90. The quantitative estimate of drug-likeness (QED) is 0.663. The van der Waals surface area contributed by atoms with Crippen LogP contribution < -0.4 is 0 Å². The average molecular weight is 197 g/mol. The number of carbonyl (C=O) groups excluding carboxylic acids is 1. The summed E-state index contributed by atoms with van der Waals surface area (Å²) in [6, 6.07) is 0. The van der Waals surface area contributed by atoms with E-state index in [4.69, 9.17) is 0 Å². The molecule has 1 aliphatic heterocycles. The molecule has 1 fully saturated rings. The molecular formula is C12H23NO. The van der Waals surface area contributed by atoms with Gasteiger partial charge < -0.3 is 4.90 Å². The Morgan fingerprint density at radius 1 is 1.50 bits per heavy atom. The molecule has 0 aromatic carbocycles. The lowest BCUT2D eigenvalue weighted by Crippen LogP contribution is -2.29. The Balaban J connectivity index is 2.32. The highest BCUT2D eigenvalue weighted by atomic mass is 16.2. The van der Waals surface area contributed by atoms with Crippen molar-refractivity contribution in [1.82, 2.24) is 4.90 Å². The van der Waals surface area contributed by atoms with Crippen LogP contribution in [0.3, 0.4) is 0 Å². The Morgan fingerprint density at radius 3 is 2.79 bits per heavy atom. The van der Waals surface area contributed by atoms with Crippen molar-refractivity contribution in [2.45, 2.75) is 46.5 Å². The third-order valence-electron chi connectivity index (χ3n) is 2.85. The number of hydrogen-bond donors (Lipinski definition) is 0. The van der Waals surface area contributed by atoms with Gasteiger partial charge >= 0.3 is 0 Å². The van der Waals surface area contributed by atoms with Crippen LogP contribution in [0.2, 0.25) is 0 Å². The summed E-state index contributed by atoms with van der Waals surface area (Å²) in [5.74, 6) is 1.62. The van der Waals surface area contributed by atoms with E-state index in [0.29, 0.717) is 17.7 Å². The van der Waals surface area contributed by atoms with Gasteiger partial charge in [-0.25, -0.2) is 0 Å². The molecule has 0 aromatic rings. The third kappa shape index (κ3) is 3.32. The van der Waals surface area contributed by atoms with Crippen LogP contribution in [0.1, 0.15) is 46.5 Å². The highest BCUT2D eigenvalue weighted by Crippen LogP contribution is 2.23. The van der Waals surface area contributed by atoms with Crippen LogP contribution in [-0.4, -0.2) is 23.9 Å². The molecule has 0 spiro atoms. The van der Waals surface area contributed by atoms with E-state index in [-0.39, 0.29) is 0 Å². The van der Waals surface area contributed by atoms with Crippen molar-refractivity contribution >= 4 is 5.91 Å². The van der Waals surface area contributed by atoms with Gasteiger partial charge in [-0.2, -0.15) is 0 Å². The number of amides is 1. The molecule has 0 aliphatic carbocycles. The second kappa shape index (κ2) is 5.38. The minimum atomic E-state index is 0.375. The van der Waals surface area contributed by atoms with Crippen molar-refractivity contribution in [2.75, 3.05) is 13.1 Å². The Morgan fingerprint density at radius 2 is 2.21 bits per heavy atom. The Labute approximate surface area is 87.7 Å². The van der Waals surface area contributed by atoms with Crippen LogP contribution in [0, 0.1) is 11.8 Å². The average Bonchev–Trinajstić information content (AvgIpc) is 2.43. The van der Waals surface area contributed by atoms with Crippen LogP contribution in [-0.2, 0) is 4.79 Å². The summed E-state index contributed by atoms with van der Waals surface area (Å²) in [6.45, 7) is 8.51. The van der Waals surface area contributed by atoms with Crippen LogP contribution in [0.15, 0.2) is 0 Å². The topological polar surface area (TPSA) is 20.3 Å². The largest absolute Gasteiger partial charge is 0.342 e. The molecular weight excluding hydrogens is 174 g/mol. The zero-order chi connectivity index (χ0) is 10.6. The minimum absolute atomic E-state index is 0.375. The van der Waals surface area contributed by atoms with Gasteiger partial charge in [0, 0.05) is 19.5 Å². The van der Waals surface area contributed by atoms with Gasteiger partial charge in [0.05, 0.1) is 0 Å². The molecule has 0 radical (unpaired) electrons. The van der Waals surface area contributed by atoms with E-state index in [1.807, 2.05) is 4.90 Å². The van der Waals surface area contributed by atoms with Crippen molar-refractivity contribution < 1.29 is 4.79 Å². The summed E-state index contributed by atoms with van der Waals surface area (Å²) >= 11 is 0. The van der Waals surface area contributed by atoms with Crippen molar-refractivity contribution in [3.8, 4) is 0 Å². The highest BCUT2D eigenvalue weighted by molar-refractivity contribution is 5.78. The van der Waals surface area contributed by atoms with Crippen LogP contribution in [0.5, 0.6) is 0 Å². The number of nitrogens with zero attached hydrogens (tertiary/aromatic N) is 1. The van der Waals surface area contributed by atoms with E-state index in [9.17, 15) is 4.79 Å². The summed E-state index contributed by atoms with van der Waals surface area (Å²) in [5, 5.41) is 0. The maximum atomic E-state index is 11.6. The van der Waals surface area contributed by atoms with Crippen LogP contribution in [0.25, 0.3) is 0 Å². The predicted octanol–water partition coefficient (Wildman–Crippen LogP) is 2.68.